The minimum absolute atomic E-state index is 0.273. The van der Waals surface area contributed by atoms with Crippen molar-refractivity contribution in [2.45, 2.75) is 49.0 Å². The van der Waals surface area contributed by atoms with E-state index in [2.05, 4.69) is 72.6 Å². The quantitative estimate of drug-likeness (QED) is 0.477. The summed E-state index contributed by atoms with van der Waals surface area (Å²) in [6.07, 6.45) is 3.60. The van der Waals surface area contributed by atoms with Crippen LogP contribution < -0.4 is 4.90 Å². The van der Waals surface area contributed by atoms with Crippen LogP contribution >= 0.6 is 11.8 Å². The minimum Gasteiger partial charge on any atom is -0.444 e. The SMILES string of the molecule is CN(CCCc1ccccc1Sc1c[nH]c2ccc(N(C)C)cc12)C(=O)OC(C)(C)C. The van der Waals surface area contributed by atoms with Gasteiger partial charge in [-0.2, -0.15) is 0 Å². The zero-order chi connectivity index (χ0) is 22.6. The second-order valence-corrected chi connectivity index (χ2v) is 10.1. The van der Waals surface area contributed by atoms with Crippen molar-refractivity contribution in [2.75, 3.05) is 32.6 Å². The normalized spacial score (nSPS) is 11.5. The number of ether oxygens (including phenoxy) is 1. The third-order valence-electron chi connectivity index (χ3n) is 4.98. The molecule has 1 amide bonds. The summed E-state index contributed by atoms with van der Waals surface area (Å²) in [6, 6.07) is 15.0. The van der Waals surface area contributed by atoms with Gasteiger partial charge in [0.25, 0.3) is 0 Å². The molecule has 0 bridgehead atoms. The van der Waals surface area contributed by atoms with E-state index >= 15 is 0 Å². The molecule has 3 rings (SSSR count). The predicted molar refractivity (Wildman–Crippen MR) is 130 cm³/mol. The number of amides is 1. The number of fused-ring (bicyclic) bond motifs is 1. The lowest BCUT2D eigenvalue weighted by Gasteiger charge is -2.24. The van der Waals surface area contributed by atoms with Gasteiger partial charge >= 0.3 is 6.09 Å². The first kappa shape index (κ1) is 23.1. The van der Waals surface area contributed by atoms with Gasteiger partial charge in [-0.25, -0.2) is 4.79 Å². The second kappa shape index (κ2) is 9.69. The van der Waals surface area contributed by atoms with Gasteiger partial charge in [0.05, 0.1) is 0 Å². The highest BCUT2D eigenvalue weighted by Gasteiger charge is 2.19. The van der Waals surface area contributed by atoms with E-state index in [1.165, 1.54) is 26.4 Å². The summed E-state index contributed by atoms with van der Waals surface area (Å²) in [5, 5.41) is 1.23. The Morgan fingerprint density at radius 2 is 1.81 bits per heavy atom. The summed E-state index contributed by atoms with van der Waals surface area (Å²) in [6.45, 7) is 6.32. The first-order valence-corrected chi connectivity index (χ1v) is 11.4. The Kier molecular flexibility index (Phi) is 7.21. The second-order valence-electron chi connectivity index (χ2n) is 8.99. The van der Waals surface area contributed by atoms with Crippen LogP contribution in [0.15, 0.2) is 58.5 Å². The standard InChI is InChI=1S/C25H33N3O2S/c1-25(2,3)30-24(29)28(6)15-9-11-18-10-7-8-12-22(18)31-23-17-26-21-14-13-19(27(4)5)16-20(21)23/h7-8,10,12-14,16-17,26H,9,11,15H2,1-6H3. The lowest BCUT2D eigenvalue weighted by atomic mass is 10.1. The van der Waals surface area contributed by atoms with Crippen molar-refractivity contribution in [3.8, 4) is 0 Å². The third-order valence-corrected chi connectivity index (χ3v) is 6.16. The fourth-order valence-electron chi connectivity index (χ4n) is 3.31. The van der Waals surface area contributed by atoms with Gasteiger partial charge in [-0.3, -0.25) is 0 Å². The van der Waals surface area contributed by atoms with Crippen LogP contribution in [-0.2, 0) is 11.2 Å². The maximum absolute atomic E-state index is 12.2. The number of carbonyl (C=O) groups is 1. The zero-order valence-electron chi connectivity index (χ0n) is 19.4. The van der Waals surface area contributed by atoms with Gasteiger partial charge in [0, 0.05) is 60.3 Å². The van der Waals surface area contributed by atoms with Crippen molar-refractivity contribution in [1.29, 1.82) is 0 Å². The molecule has 0 spiro atoms. The van der Waals surface area contributed by atoms with E-state index in [0.717, 1.165) is 18.4 Å². The minimum atomic E-state index is -0.472. The molecule has 166 valence electrons. The fraction of sp³-hybridized carbons (Fsp3) is 0.400. The van der Waals surface area contributed by atoms with Gasteiger partial charge in [0.15, 0.2) is 0 Å². The van der Waals surface area contributed by atoms with Crippen molar-refractivity contribution >= 4 is 34.4 Å². The molecule has 5 nitrogen and oxygen atoms in total. The Bertz CT molecular complexity index is 1040. The van der Waals surface area contributed by atoms with Crippen LogP contribution in [0.3, 0.4) is 0 Å². The maximum Gasteiger partial charge on any atom is 0.410 e. The van der Waals surface area contributed by atoms with Crippen LogP contribution in [0, 0.1) is 0 Å². The number of H-pyrrole nitrogens is 1. The van der Waals surface area contributed by atoms with Crippen LogP contribution in [0.1, 0.15) is 32.8 Å². The van der Waals surface area contributed by atoms with Crippen molar-refractivity contribution in [3.05, 3.63) is 54.2 Å². The Morgan fingerprint density at radius 1 is 1.06 bits per heavy atom. The number of hydrogen-bond donors (Lipinski definition) is 1. The highest BCUT2D eigenvalue weighted by atomic mass is 32.2. The highest BCUT2D eigenvalue weighted by Crippen LogP contribution is 2.37. The molecule has 0 saturated carbocycles. The molecule has 1 N–H and O–H groups in total. The van der Waals surface area contributed by atoms with E-state index in [1.807, 2.05) is 20.8 Å². The average Bonchev–Trinajstić information content (AvgIpc) is 3.10. The number of rotatable bonds is 7. The van der Waals surface area contributed by atoms with E-state index in [4.69, 9.17) is 4.74 Å². The average molecular weight is 440 g/mol. The lowest BCUT2D eigenvalue weighted by Crippen LogP contribution is -2.34. The number of carbonyl (C=O) groups excluding carboxylic acids is 1. The molecule has 0 aliphatic heterocycles. The molecule has 2 aromatic carbocycles. The molecule has 0 aliphatic rings. The van der Waals surface area contributed by atoms with E-state index in [0.29, 0.717) is 6.54 Å². The Morgan fingerprint density at radius 3 is 2.52 bits per heavy atom. The molecule has 0 unspecified atom stereocenters. The summed E-state index contributed by atoms with van der Waals surface area (Å²) in [4.78, 5) is 21.8. The summed E-state index contributed by atoms with van der Waals surface area (Å²) < 4.78 is 5.44. The zero-order valence-corrected chi connectivity index (χ0v) is 20.2. The molecule has 0 aliphatic carbocycles. The lowest BCUT2D eigenvalue weighted by molar-refractivity contribution is 0.0297. The molecular formula is C25H33N3O2S. The van der Waals surface area contributed by atoms with Crippen LogP contribution in [0.25, 0.3) is 10.9 Å². The summed E-state index contributed by atoms with van der Waals surface area (Å²) in [5.74, 6) is 0. The van der Waals surface area contributed by atoms with Gasteiger partial charge in [-0.1, -0.05) is 30.0 Å². The molecule has 0 saturated heterocycles. The highest BCUT2D eigenvalue weighted by molar-refractivity contribution is 7.99. The molecule has 6 heteroatoms. The van der Waals surface area contributed by atoms with Crippen molar-refractivity contribution in [1.82, 2.24) is 9.88 Å². The number of hydrogen-bond acceptors (Lipinski definition) is 4. The molecule has 1 aromatic heterocycles. The van der Waals surface area contributed by atoms with E-state index in [-0.39, 0.29) is 6.09 Å². The largest absolute Gasteiger partial charge is 0.444 e. The first-order valence-electron chi connectivity index (χ1n) is 10.6. The number of anilines is 1. The van der Waals surface area contributed by atoms with Crippen molar-refractivity contribution in [3.63, 3.8) is 0 Å². The van der Waals surface area contributed by atoms with Gasteiger partial charge in [0.1, 0.15) is 5.60 Å². The number of aromatic amines is 1. The van der Waals surface area contributed by atoms with Crippen LogP contribution in [-0.4, -0.2) is 49.3 Å². The smallest absolute Gasteiger partial charge is 0.410 e. The van der Waals surface area contributed by atoms with Gasteiger partial charge in [-0.05, 0) is 63.4 Å². The van der Waals surface area contributed by atoms with Gasteiger partial charge in [-0.15, -0.1) is 0 Å². The summed E-state index contributed by atoms with van der Waals surface area (Å²) >= 11 is 1.79. The maximum atomic E-state index is 12.2. The number of aryl methyl sites for hydroxylation is 1. The number of nitrogens with zero attached hydrogens (tertiary/aromatic N) is 2. The van der Waals surface area contributed by atoms with E-state index in [9.17, 15) is 4.79 Å². The van der Waals surface area contributed by atoms with Crippen molar-refractivity contribution in [2.24, 2.45) is 0 Å². The summed E-state index contributed by atoms with van der Waals surface area (Å²) in [5.41, 5.74) is 3.15. The predicted octanol–water partition coefficient (Wildman–Crippen LogP) is 6.18. The topological polar surface area (TPSA) is 48.6 Å². The molecule has 0 fully saturated rings. The molecule has 31 heavy (non-hydrogen) atoms. The van der Waals surface area contributed by atoms with Crippen LogP contribution in [0.5, 0.6) is 0 Å². The van der Waals surface area contributed by atoms with Gasteiger partial charge < -0.3 is 19.5 Å². The monoisotopic (exact) mass is 439 g/mol. The molecule has 0 radical (unpaired) electrons. The first-order chi connectivity index (χ1) is 14.6. The van der Waals surface area contributed by atoms with E-state index < -0.39 is 5.60 Å². The van der Waals surface area contributed by atoms with Crippen LogP contribution in [0.4, 0.5) is 10.5 Å². The Hall–Kier alpha value is -2.60. The Balaban J connectivity index is 1.68. The molecular weight excluding hydrogens is 406 g/mol. The van der Waals surface area contributed by atoms with Gasteiger partial charge in [0.2, 0.25) is 0 Å². The summed E-state index contributed by atoms with van der Waals surface area (Å²) in [7, 11) is 5.91. The van der Waals surface area contributed by atoms with Crippen LogP contribution in [0.2, 0.25) is 0 Å². The van der Waals surface area contributed by atoms with Crippen molar-refractivity contribution < 1.29 is 9.53 Å². The van der Waals surface area contributed by atoms with E-state index in [1.54, 1.807) is 23.7 Å². The molecule has 1 heterocycles. The number of nitrogens with one attached hydrogen (secondary N) is 1. The molecule has 0 atom stereocenters. The molecule has 3 aromatic rings. The fourth-order valence-corrected chi connectivity index (χ4v) is 4.39. The third kappa shape index (κ3) is 6.20. The number of benzene rings is 2. The number of aromatic nitrogens is 1. The Labute approximate surface area is 189 Å².